The minimum absolute atomic E-state index is 0.112. The first kappa shape index (κ1) is 17.9. The highest BCUT2D eigenvalue weighted by molar-refractivity contribution is 7.22. The smallest absolute Gasteiger partial charge is 0.257 e. The van der Waals surface area contributed by atoms with Crippen molar-refractivity contribution in [2.75, 3.05) is 19.0 Å². The molecule has 140 valence electrons. The van der Waals surface area contributed by atoms with Gasteiger partial charge in [0.05, 0.1) is 17.3 Å². The second-order valence-corrected chi connectivity index (χ2v) is 8.06. The third-order valence-electron chi connectivity index (χ3n) is 5.11. The second-order valence-electron chi connectivity index (χ2n) is 7.03. The highest BCUT2D eigenvalue weighted by atomic mass is 32.1. The van der Waals surface area contributed by atoms with Crippen LogP contribution in [0.5, 0.6) is 5.75 Å². The molecule has 1 amide bonds. The monoisotopic (exact) mass is 381 g/mol. The Hall–Kier alpha value is -2.44. The number of hydrogen-bond acceptors (Lipinski definition) is 5. The summed E-state index contributed by atoms with van der Waals surface area (Å²) in [5.74, 6) is 0.753. The fraction of sp³-hybridized carbons (Fsp3) is 0.333. The molecule has 0 fully saturated rings. The molecule has 0 bridgehead atoms. The van der Waals surface area contributed by atoms with E-state index in [1.165, 1.54) is 11.3 Å². The Kier molecular flexibility index (Phi) is 4.85. The molecule has 1 aliphatic heterocycles. The molecule has 0 saturated carbocycles. The number of amides is 1. The molecule has 6 heteroatoms. The topological polar surface area (TPSA) is 54.5 Å². The van der Waals surface area contributed by atoms with Gasteiger partial charge in [0, 0.05) is 30.3 Å². The average Bonchev–Trinajstić information content (AvgIpc) is 3.08. The Bertz CT molecular complexity index is 963. The van der Waals surface area contributed by atoms with Crippen LogP contribution in [0, 0.1) is 0 Å². The van der Waals surface area contributed by atoms with E-state index in [0.29, 0.717) is 16.7 Å². The van der Waals surface area contributed by atoms with Gasteiger partial charge in [-0.25, -0.2) is 4.98 Å². The van der Waals surface area contributed by atoms with Gasteiger partial charge >= 0.3 is 0 Å². The predicted octanol–water partition coefficient (Wildman–Crippen LogP) is 4.32. The van der Waals surface area contributed by atoms with Crippen LogP contribution in [-0.2, 0) is 13.0 Å². The molecule has 0 atom stereocenters. The predicted molar refractivity (Wildman–Crippen MR) is 110 cm³/mol. The van der Waals surface area contributed by atoms with Crippen LogP contribution in [0.4, 0.5) is 5.13 Å². The lowest BCUT2D eigenvalue weighted by molar-refractivity contribution is 0.102. The summed E-state index contributed by atoms with van der Waals surface area (Å²) in [6.45, 7) is 6.11. The van der Waals surface area contributed by atoms with Crippen molar-refractivity contribution in [3.63, 3.8) is 0 Å². The Morgan fingerprint density at radius 1 is 1.22 bits per heavy atom. The first-order valence-corrected chi connectivity index (χ1v) is 9.98. The molecule has 0 saturated heterocycles. The van der Waals surface area contributed by atoms with E-state index in [9.17, 15) is 4.79 Å². The molecule has 0 radical (unpaired) electrons. The van der Waals surface area contributed by atoms with E-state index in [2.05, 4.69) is 29.0 Å². The summed E-state index contributed by atoms with van der Waals surface area (Å²) in [6.07, 6.45) is 0.888. The number of thiazole rings is 1. The van der Waals surface area contributed by atoms with Crippen molar-refractivity contribution < 1.29 is 9.53 Å². The molecule has 2 aromatic carbocycles. The first-order chi connectivity index (χ1) is 13.1. The third kappa shape index (κ3) is 3.42. The van der Waals surface area contributed by atoms with Crippen molar-refractivity contribution >= 4 is 32.6 Å². The Labute approximate surface area is 163 Å². The average molecular weight is 382 g/mol. The van der Waals surface area contributed by atoms with Gasteiger partial charge in [-0.3, -0.25) is 15.0 Å². The number of fused-ring (bicyclic) bond motifs is 2. The van der Waals surface area contributed by atoms with Gasteiger partial charge in [0.2, 0.25) is 0 Å². The normalized spacial score (nSPS) is 14.4. The maximum atomic E-state index is 13.0. The highest BCUT2D eigenvalue weighted by Crippen LogP contribution is 2.32. The summed E-state index contributed by atoms with van der Waals surface area (Å²) in [5.41, 5.74) is 3.82. The summed E-state index contributed by atoms with van der Waals surface area (Å²) in [6, 6.07) is 12.1. The zero-order chi connectivity index (χ0) is 19.0. The lowest BCUT2D eigenvalue weighted by Gasteiger charge is -2.33. The summed E-state index contributed by atoms with van der Waals surface area (Å²) < 4.78 is 6.61. The molecule has 3 aromatic rings. The number of carbonyl (C=O) groups is 1. The van der Waals surface area contributed by atoms with Crippen molar-refractivity contribution in [1.82, 2.24) is 9.88 Å². The number of carbonyl (C=O) groups excluding carboxylic acids is 1. The summed E-state index contributed by atoms with van der Waals surface area (Å²) >= 11 is 1.49. The molecule has 4 rings (SSSR count). The van der Waals surface area contributed by atoms with Gasteiger partial charge in [-0.15, -0.1) is 0 Å². The molecule has 27 heavy (non-hydrogen) atoms. The van der Waals surface area contributed by atoms with Crippen molar-refractivity contribution in [2.45, 2.75) is 32.9 Å². The van der Waals surface area contributed by atoms with E-state index >= 15 is 0 Å². The second kappa shape index (κ2) is 7.29. The minimum atomic E-state index is -0.112. The van der Waals surface area contributed by atoms with Gasteiger partial charge in [-0.2, -0.15) is 0 Å². The van der Waals surface area contributed by atoms with Crippen LogP contribution in [0.25, 0.3) is 10.2 Å². The van der Waals surface area contributed by atoms with E-state index in [1.807, 2.05) is 36.4 Å². The molecule has 2 heterocycles. The number of nitrogens with zero attached hydrogens (tertiary/aromatic N) is 2. The summed E-state index contributed by atoms with van der Waals surface area (Å²) in [7, 11) is 1.69. The van der Waals surface area contributed by atoms with Crippen LogP contribution >= 0.6 is 11.3 Å². The Morgan fingerprint density at radius 2 is 2.04 bits per heavy atom. The lowest BCUT2D eigenvalue weighted by atomic mass is 9.92. The number of rotatable bonds is 4. The molecule has 1 aromatic heterocycles. The maximum Gasteiger partial charge on any atom is 0.257 e. The zero-order valence-electron chi connectivity index (χ0n) is 15.8. The third-order valence-corrected chi connectivity index (χ3v) is 6.06. The molecular weight excluding hydrogens is 358 g/mol. The van der Waals surface area contributed by atoms with Gasteiger partial charge in [0.15, 0.2) is 5.13 Å². The van der Waals surface area contributed by atoms with Crippen molar-refractivity contribution in [2.24, 2.45) is 0 Å². The van der Waals surface area contributed by atoms with Crippen LogP contribution in [0.15, 0.2) is 36.4 Å². The van der Waals surface area contributed by atoms with Gasteiger partial charge in [-0.05, 0) is 50.1 Å². The molecule has 5 nitrogen and oxygen atoms in total. The fourth-order valence-electron chi connectivity index (χ4n) is 3.60. The number of anilines is 1. The van der Waals surface area contributed by atoms with Crippen LogP contribution in [-0.4, -0.2) is 35.5 Å². The lowest BCUT2D eigenvalue weighted by Crippen LogP contribution is -2.37. The largest absolute Gasteiger partial charge is 0.496 e. The van der Waals surface area contributed by atoms with Crippen molar-refractivity contribution in [1.29, 1.82) is 0 Å². The standard InChI is InChI=1S/C21H23N3O2S/c1-13(2)24-11-10-14-16(12-24)15(8-9-18(14)26-3)20(25)23-21-22-17-6-4-5-7-19(17)27-21/h4-9,13H,10-12H2,1-3H3,(H,22,23,25). The number of hydrogen-bond donors (Lipinski definition) is 1. The number of methoxy groups -OCH3 is 1. The Balaban J connectivity index is 1.67. The Morgan fingerprint density at radius 3 is 2.78 bits per heavy atom. The van der Waals surface area contributed by atoms with Crippen LogP contribution in [0.1, 0.15) is 35.3 Å². The summed E-state index contributed by atoms with van der Waals surface area (Å²) in [5, 5.41) is 3.62. The number of ether oxygens (including phenoxy) is 1. The maximum absolute atomic E-state index is 13.0. The first-order valence-electron chi connectivity index (χ1n) is 9.16. The van der Waals surface area contributed by atoms with Crippen LogP contribution in [0.3, 0.4) is 0 Å². The molecule has 1 aliphatic rings. The van der Waals surface area contributed by atoms with Crippen LogP contribution in [0.2, 0.25) is 0 Å². The van der Waals surface area contributed by atoms with Gasteiger partial charge < -0.3 is 4.74 Å². The van der Waals surface area contributed by atoms with Crippen molar-refractivity contribution in [3.8, 4) is 5.75 Å². The van der Waals surface area contributed by atoms with Gasteiger partial charge in [0.25, 0.3) is 5.91 Å². The van der Waals surface area contributed by atoms with E-state index in [1.54, 1.807) is 7.11 Å². The number of nitrogens with one attached hydrogen (secondary N) is 1. The van der Waals surface area contributed by atoms with E-state index in [-0.39, 0.29) is 5.91 Å². The molecular formula is C21H23N3O2S. The summed E-state index contributed by atoms with van der Waals surface area (Å²) in [4.78, 5) is 19.9. The SMILES string of the molecule is COc1ccc(C(=O)Nc2nc3ccccc3s2)c2c1CCN(C(C)C)C2. The van der Waals surface area contributed by atoms with Gasteiger partial charge in [-0.1, -0.05) is 23.5 Å². The number of benzene rings is 2. The fourth-order valence-corrected chi connectivity index (χ4v) is 4.46. The van der Waals surface area contributed by atoms with Crippen molar-refractivity contribution in [3.05, 3.63) is 53.1 Å². The zero-order valence-corrected chi connectivity index (χ0v) is 16.6. The highest BCUT2D eigenvalue weighted by Gasteiger charge is 2.26. The van der Waals surface area contributed by atoms with E-state index < -0.39 is 0 Å². The number of para-hydroxylation sites is 1. The molecule has 0 spiro atoms. The number of aromatic nitrogens is 1. The quantitative estimate of drug-likeness (QED) is 0.731. The molecule has 0 unspecified atom stereocenters. The van der Waals surface area contributed by atoms with E-state index in [4.69, 9.17) is 4.74 Å². The van der Waals surface area contributed by atoms with Crippen LogP contribution < -0.4 is 10.1 Å². The van der Waals surface area contributed by atoms with E-state index in [0.717, 1.165) is 46.6 Å². The minimum Gasteiger partial charge on any atom is -0.496 e. The molecule has 1 N–H and O–H groups in total. The van der Waals surface area contributed by atoms with Gasteiger partial charge in [0.1, 0.15) is 5.75 Å². The molecule has 0 aliphatic carbocycles.